The zero-order chi connectivity index (χ0) is 26.3. The van der Waals surface area contributed by atoms with Gasteiger partial charge < -0.3 is 24.6 Å². The fraction of sp³-hybridized carbons (Fsp3) is 0.520. The molecule has 2 heterocycles. The third-order valence-corrected chi connectivity index (χ3v) is 7.20. The van der Waals surface area contributed by atoms with Crippen molar-refractivity contribution in [1.82, 2.24) is 9.97 Å². The molecule has 0 unspecified atom stereocenters. The topological polar surface area (TPSA) is 96.9 Å². The van der Waals surface area contributed by atoms with Gasteiger partial charge in [-0.15, -0.1) is 0 Å². The van der Waals surface area contributed by atoms with Crippen LogP contribution in [0.15, 0.2) is 18.3 Å². The summed E-state index contributed by atoms with van der Waals surface area (Å²) in [4.78, 5) is 35.6. The van der Waals surface area contributed by atoms with E-state index < -0.39 is 30.2 Å². The Morgan fingerprint density at radius 3 is 2.54 bits per heavy atom. The third kappa shape index (κ3) is 4.76. The molecule has 3 aliphatic rings. The van der Waals surface area contributed by atoms with Gasteiger partial charge in [0.1, 0.15) is 17.3 Å². The van der Waals surface area contributed by atoms with Crippen molar-refractivity contribution in [3.05, 3.63) is 29.7 Å². The number of anilines is 4. The number of hydrogen-bond acceptors (Lipinski definition) is 8. The molecule has 0 bridgehead atoms. The van der Waals surface area contributed by atoms with Crippen LogP contribution in [0.3, 0.4) is 0 Å². The summed E-state index contributed by atoms with van der Waals surface area (Å²) < 4.78 is 55.1. The Morgan fingerprint density at radius 1 is 1.16 bits per heavy atom. The Labute approximate surface area is 212 Å². The molecule has 1 aliphatic heterocycles. The minimum absolute atomic E-state index is 0.0106. The Balaban J connectivity index is 1.53. The lowest BCUT2D eigenvalue weighted by Crippen LogP contribution is -2.48. The summed E-state index contributed by atoms with van der Waals surface area (Å²) in [7, 11) is 2.43. The quantitative estimate of drug-likeness (QED) is 0.560. The molecule has 2 saturated carbocycles. The molecule has 1 N–H and O–H groups in total. The Kier molecular flexibility index (Phi) is 6.59. The molecule has 0 spiro atoms. The molecule has 9 nitrogen and oxygen atoms in total. The van der Waals surface area contributed by atoms with Crippen LogP contribution in [0.25, 0.3) is 0 Å². The second-order valence-corrected chi connectivity index (χ2v) is 9.65. The highest BCUT2D eigenvalue weighted by Crippen LogP contribution is 2.40. The van der Waals surface area contributed by atoms with E-state index in [-0.39, 0.29) is 46.6 Å². The number of esters is 1. The van der Waals surface area contributed by atoms with Crippen molar-refractivity contribution in [2.24, 2.45) is 0 Å². The van der Waals surface area contributed by atoms with Gasteiger partial charge in [-0.3, -0.25) is 4.79 Å². The van der Waals surface area contributed by atoms with Gasteiger partial charge in [0, 0.05) is 19.2 Å². The summed E-state index contributed by atoms with van der Waals surface area (Å²) in [6.45, 7) is -0.789. The number of carbonyl (C=O) groups is 2. The van der Waals surface area contributed by atoms with Gasteiger partial charge in [0.05, 0.1) is 37.2 Å². The molecule has 5 rings (SSSR count). The van der Waals surface area contributed by atoms with Gasteiger partial charge in [0.25, 0.3) is 5.91 Å². The highest BCUT2D eigenvalue weighted by atomic mass is 19.3. The van der Waals surface area contributed by atoms with Crippen molar-refractivity contribution >= 4 is 35.0 Å². The smallest absolute Gasteiger partial charge is 0.342 e. The number of aromatic nitrogens is 2. The first-order valence-electron chi connectivity index (χ1n) is 12.3. The Morgan fingerprint density at radius 2 is 1.89 bits per heavy atom. The molecule has 2 aliphatic carbocycles. The monoisotopic (exact) mass is 519 g/mol. The predicted octanol–water partition coefficient (Wildman–Crippen LogP) is 4.44. The number of alkyl halides is 2. The lowest BCUT2D eigenvalue weighted by molar-refractivity contribution is -0.140. The van der Waals surface area contributed by atoms with Gasteiger partial charge in [0.2, 0.25) is 5.95 Å². The molecule has 12 heteroatoms. The van der Waals surface area contributed by atoms with Gasteiger partial charge in [-0.25, -0.2) is 14.2 Å². The van der Waals surface area contributed by atoms with Gasteiger partial charge in [-0.2, -0.15) is 13.8 Å². The number of carbonyl (C=O) groups excluding carboxylic acids is 2. The number of amides is 1. The standard InChI is InChI=1S/C25H28F3N5O4/c1-32-19-12-29-24(31-21(19)33(14-6-3-4-7-14)13-25(27,28)23(32)35)30-18-11-17(26)16(22(34)36-2)10-20(18)37-15-8-5-9-15/h10-12,14-15H,3-9,13H2,1-2H3,(H,29,30,31). The van der Waals surface area contributed by atoms with Gasteiger partial charge in [-0.1, -0.05) is 12.8 Å². The highest BCUT2D eigenvalue weighted by Gasteiger charge is 2.48. The van der Waals surface area contributed by atoms with Crippen molar-refractivity contribution in [1.29, 1.82) is 0 Å². The fourth-order valence-corrected chi connectivity index (χ4v) is 4.91. The highest BCUT2D eigenvalue weighted by molar-refractivity contribution is 6.02. The SMILES string of the molecule is COC(=O)c1cc(OC2CCC2)c(Nc2ncc3c(n2)N(C2CCCC2)CC(F)(F)C(=O)N3C)cc1F. The molecule has 0 radical (unpaired) electrons. The summed E-state index contributed by atoms with van der Waals surface area (Å²) >= 11 is 0. The van der Waals surface area contributed by atoms with Crippen molar-refractivity contribution in [3.63, 3.8) is 0 Å². The normalized spacial score (nSPS) is 19.8. The van der Waals surface area contributed by atoms with Crippen LogP contribution in [-0.4, -0.2) is 60.6 Å². The lowest BCUT2D eigenvalue weighted by Gasteiger charge is -2.31. The second kappa shape index (κ2) is 9.71. The number of rotatable bonds is 6. The maximum absolute atomic E-state index is 14.8. The van der Waals surface area contributed by atoms with E-state index in [1.165, 1.54) is 24.2 Å². The number of ether oxygens (including phenoxy) is 2. The van der Waals surface area contributed by atoms with Crippen LogP contribution in [0.5, 0.6) is 5.75 Å². The molecular formula is C25H28F3N5O4. The summed E-state index contributed by atoms with van der Waals surface area (Å²) in [5, 5.41) is 2.92. The van der Waals surface area contributed by atoms with Crippen LogP contribution < -0.4 is 19.9 Å². The van der Waals surface area contributed by atoms with Crippen LogP contribution in [0, 0.1) is 5.82 Å². The molecule has 1 amide bonds. The van der Waals surface area contributed by atoms with E-state index >= 15 is 0 Å². The summed E-state index contributed by atoms with van der Waals surface area (Å²) in [5.74, 6) is -6.16. The molecule has 2 fully saturated rings. The number of nitrogens with zero attached hydrogens (tertiary/aromatic N) is 4. The van der Waals surface area contributed by atoms with Crippen molar-refractivity contribution < 1.29 is 32.2 Å². The van der Waals surface area contributed by atoms with E-state index in [4.69, 9.17) is 4.74 Å². The first-order valence-corrected chi connectivity index (χ1v) is 12.3. The maximum atomic E-state index is 14.8. The zero-order valence-corrected chi connectivity index (χ0v) is 20.6. The van der Waals surface area contributed by atoms with E-state index in [0.29, 0.717) is 12.8 Å². The summed E-state index contributed by atoms with van der Waals surface area (Å²) in [6, 6.07) is 2.16. The maximum Gasteiger partial charge on any atom is 0.342 e. The molecule has 1 aromatic heterocycles. The molecule has 2 aromatic rings. The van der Waals surface area contributed by atoms with E-state index in [9.17, 15) is 22.8 Å². The molecular weight excluding hydrogens is 491 g/mol. The number of methoxy groups -OCH3 is 1. The first kappa shape index (κ1) is 25.1. The minimum Gasteiger partial charge on any atom is -0.488 e. The molecule has 0 atom stereocenters. The van der Waals surface area contributed by atoms with Crippen LogP contribution in [0.1, 0.15) is 55.3 Å². The van der Waals surface area contributed by atoms with Crippen molar-refractivity contribution in [2.45, 2.75) is 63.0 Å². The van der Waals surface area contributed by atoms with Gasteiger partial charge >= 0.3 is 11.9 Å². The predicted molar refractivity (Wildman–Crippen MR) is 129 cm³/mol. The van der Waals surface area contributed by atoms with E-state index in [1.54, 1.807) is 0 Å². The van der Waals surface area contributed by atoms with E-state index in [2.05, 4.69) is 20.0 Å². The van der Waals surface area contributed by atoms with Crippen LogP contribution in [-0.2, 0) is 9.53 Å². The molecule has 0 saturated heterocycles. The van der Waals surface area contributed by atoms with E-state index in [1.807, 2.05) is 0 Å². The van der Waals surface area contributed by atoms with Gasteiger partial charge in [0.15, 0.2) is 5.82 Å². The lowest BCUT2D eigenvalue weighted by atomic mass is 9.96. The molecule has 198 valence electrons. The number of hydrogen-bond donors (Lipinski definition) is 1. The minimum atomic E-state index is -3.59. The number of halogens is 3. The Hall–Kier alpha value is -3.57. The largest absolute Gasteiger partial charge is 0.488 e. The molecule has 37 heavy (non-hydrogen) atoms. The Bertz CT molecular complexity index is 1220. The average Bonchev–Trinajstić information content (AvgIpc) is 3.37. The molecule has 1 aromatic carbocycles. The number of fused-ring (bicyclic) bond motifs is 1. The second-order valence-electron chi connectivity index (χ2n) is 9.65. The first-order chi connectivity index (χ1) is 17.7. The number of nitrogens with one attached hydrogen (secondary N) is 1. The fourth-order valence-electron chi connectivity index (χ4n) is 4.91. The number of benzene rings is 1. The van der Waals surface area contributed by atoms with Gasteiger partial charge in [-0.05, 0) is 38.2 Å². The summed E-state index contributed by atoms with van der Waals surface area (Å²) in [5.41, 5.74) is 0.0607. The zero-order valence-electron chi connectivity index (χ0n) is 20.6. The van der Waals surface area contributed by atoms with Crippen LogP contribution in [0.4, 0.5) is 36.3 Å². The summed E-state index contributed by atoms with van der Waals surface area (Å²) in [6.07, 6.45) is 7.09. The third-order valence-electron chi connectivity index (χ3n) is 7.20. The van der Waals surface area contributed by atoms with Crippen molar-refractivity contribution in [3.8, 4) is 5.75 Å². The van der Waals surface area contributed by atoms with Crippen LogP contribution in [0.2, 0.25) is 0 Å². The van der Waals surface area contributed by atoms with Crippen molar-refractivity contribution in [2.75, 3.05) is 35.8 Å². The average molecular weight is 520 g/mol. The van der Waals surface area contributed by atoms with E-state index in [0.717, 1.165) is 50.2 Å². The van der Waals surface area contributed by atoms with Crippen LogP contribution >= 0.6 is 0 Å².